The van der Waals surface area contributed by atoms with Gasteiger partial charge >= 0.3 is 0 Å². The average Bonchev–Trinajstić information content (AvgIpc) is 2.68. The molecule has 0 aliphatic rings. The van der Waals surface area contributed by atoms with Gasteiger partial charge in [-0.05, 0) is 62.3 Å². The summed E-state index contributed by atoms with van der Waals surface area (Å²) in [5.41, 5.74) is 2.44. The Morgan fingerprint density at radius 3 is 2.71 bits per heavy atom. The summed E-state index contributed by atoms with van der Waals surface area (Å²) in [7, 11) is -0.262. The normalized spacial score (nSPS) is 12.2. The fourth-order valence-corrected chi connectivity index (χ4v) is 2.89. The largest absolute Gasteiger partial charge is 0.427 e. The predicted molar refractivity (Wildman–Crippen MR) is 75.3 cm³/mol. The molecule has 2 rings (SSSR count). The van der Waals surface area contributed by atoms with Gasteiger partial charge in [0, 0.05) is 10.8 Å². The minimum Gasteiger partial charge on any atom is -0.427 e. The molecule has 0 unspecified atom stereocenters. The number of aromatic amines is 1. The first-order chi connectivity index (χ1) is 8.00. The van der Waals surface area contributed by atoms with Gasteiger partial charge in [-0.3, -0.25) is 0 Å². The highest BCUT2D eigenvalue weighted by molar-refractivity contribution is 6.82. The van der Waals surface area contributed by atoms with Crippen LogP contribution in [0.2, 0.25) is 13.1 Å². The summed E-state index contributed by atoms with van der Waals surface area (Å²) in [6.45, 7) is 4.85. The third kappa shape index (κ3) is 2.77. The number of fused-ring (bicyclic) bond motifs is 1. The molecule has 17 heavy (non-hydrogen) atoms. The molecular weight excluding hydrogens is 228 g/mol. The molecule has 0 atom stereocenters. The van der Waals surface area contributed by atoms with Gasteiger partial charge in [-0.2, -0.15) is 0 Å². The second-order valence-corrected chi connectivity index (χ2v) is 8.67. The zero-order valence-electron chi connectivity index (χ0n) is 10.7. The molecule has 0 aliphatic heterocycles. The highest BCUT2D eigenvalue weighted by atomic mass is 28.4. The van der Waals surface area contributed by atoms with E-state index in [-0.39, 0.29) is 0 Å². The minimum atomic E-state index is -2.23. The van der Waals surface area contributed by atoms with Gasteiger partial charge in [-0.1, -0.05) is 6.07 Å². The van der Waals surface area contributed by atoms with Gasteiger partial charge in [0.25, 0.3) is 0 Å². The molecule has 0 bridgehead atoms. The molecule has 0 saturated carbocycles. The Labute approximate surface area is 103 Å². The topological polar surface area (TPSA) is 48.0 Å². The van der Waals surface area contributed by atoms with Crippen molar-refractivity contribution < 1.29 is 4.80 Å². The first kappa shape index (κ1) is 12.4. The van der Waals surface area contributed by atoms with Gasteiger partial charge in [-0.25, -0.2) is 0 Å². The van der Waals surface area contributed by atoms with E-state index in [9.17, 15) is 4.80 Å². The van der Waals surface area contributed by atoms with E-state index >= 15 is 0 Å². The van der Waals surface area contributed by atoms with Gasteiger partial charge in [0.05, 0.1) is 0 Å². The van der Waals surface area contributed by atoms with Crippen LogP contribution in [-0.4, -0.2) is 31.7 Å². The number of nitrogens with one attached hydrogen (secondary N) is 2. The summed E-state index contributed by atoms with van der Waals surface area (Å²) in [5.74, 6) is 0. The Morgan fingerprint density at radius 1 is 1.29 bits per heavy atom. The molecule has 4 heteroatoms. The summed E-state index contributed by atoms with van der Waals surface area (Å²) in [5, 5.41) is 5.35. The third-order valence-corrected chi connectivity index (χ3v) is 4.60. The quantitative estimate of drug-likeness (QED) is 0.715. The number of H-pyrrole nitrogens is 1. The predicted octanol–water partition coefficient (Wildman–Crippen LogP) is 1.33. The van der Waals surface area contributed by atoms with E-state index in [0.717, 1.165) is 23.8 Å². The van der Waals surface area contributed by atoms with Crippen LogP contribution in [0.4, 0.5) is 0 Å². The number of hydrogen-bond acceptors (Lipinski definition) is 2. The molecule has 0 saturated heterocycles. The number of likely N-dealkylation sites (N-methyl/N-ethyl adjacent to an activating group) is 1. The molecule has 2 aromatic rings. The Morgan fingerprint density at radius 2 is 2.06 bits per heavy atom. The van der Waals surface area contributed by atoms with Gasteiger partial charge in [0.1, 0.15) is 0 Å². The smallest absolute Gasteiger partial charge is 0.230 e. The second kappa shape index (κ2) is 4.64. The van der Waals surface area contributed by atoms with Crippen LogP contribution >= 0.6 is 0 Å². The van der Waals surface area contributed by atoms with Crippen molar-refractivity contribution in [1.82, 2.24) is 10.3 Å². The Bertz CT molecular complexity index is 514. The molecule has 3 N–H and O–H groups in total. The van der Waals surface area contributed by atoms with Crippen molar-refractivity contribution in [3.63, 3.8) is 0 Å². The number of hydrogen-bond donors (Lipinski definition) is 3. The molecule has 1 aromatic heterocycles. The van der Waals surface area contributed by atoms with Crippen LogP contribution in [-0.2, 0) is 6.42 Å². The molecule has 0 fully saturated rings. The van der Waals surface area contributed by atoms with Gasteiger partial charge < -0.3 is 15.1 Å². The Kier molecular flexibility index (Phi) is 3.37. The van der Waals surface area contributed by atoms with Crippen LogP contribution in [0.25, 0.3) is 10.9 Å². The van der Waals surface area contributed by atoms with Crippen molar-refractivity contribution in [2.24, 2.45) is 0 Å². The Balaban J connectivity index is 2.34. The maximum Gasteiger partial charge on any atom is 0.230 e. The summed E-state index contributed by atoms with van der Waals surface area (Å²) >= 11 is 0. The van der Waals surface area contributed by atoms with Crippen LogP contribution in [0.5, 0.6) is 0 Å². The van der Waals surface area contributed by atoms with Gasteiger partial charge in [-0.15, -0.1) is 0 Å². The number of aromatic nitrogens is 1. The summed E-state index contributed by atoms with van der Waals surface area (Å²) in [6, 6.07) is 8.53. The molecule has 92 valence electrons. The molecule has 1 aromatic carbocycles. The monoisotopic (exact) mass is 248 g/mol. The van der Waals surface area contributed by atoms with Gasteiger partial charge in [0.2, 0.25) is 8.32 Å². The molecule has 0 radical (unpaired) electrons. The highest BCUT2D eigenvalue weighted by Gasteiger charge is 2.22. The van der Waals surface area contributed by atoms with Crippen molar-refractivity contribution in [2.45, 2.75) is 19.5 Å². The zero-order valence-corrected chi connectivity index (χ0v) is 11.7. The molecule has 0 amide bonds. The van der Waals surface area contributed by atoms with Crippen molar-refractivity contribution in [1.29, 1.82) is 0 Å². The summed E-state index contributed by atoms with van der Waals surface area (Å²) in [6.07, 6.45) is 1.03. The van der Waals surface area contributed by atoms with E-state index < -0.39 is 8.32 Å². The molecule has 1 heterocycles. The van der Waals surface area contributed by atoms with Crippen LogP contribution < -0.4 is 10.6 Å². The number of benzene rings is 1. The van der Waals surface area contributed by atoms with Crippen molar-refractivity contribution in [3.05, 3.63) is 29.8 Å². The lowest BCUT2D eigenvalue weighted by molar-refractivity contribution is 0.567. The van der Waals surface area contributed by atoms with Crippen LogP contribution in [0.1, 0.15) is 5.56 Å². The summed E-state index contributed by atoms with van der Waals surface area (Å²) < 4.78 is 0. The third-order valence-electron chi connectivity index (χ3n) is 3.01. The van der Waals surface area contributed by atoms with Crippen LogP contribution in [0.15, 0.2) is 24.3 Å². The van der Waals surface area contributed by atoms with E-state index in [1.165, 1.54) is 10.9 Å². The number of rotatable bonds is 4. The highest BCUT2D eigenvalue weighted by Crippen LogP contribution is 2.15. The lowest BCUT2D eigenvalue weighted by Crippen LogP contribution is -2.42. The van der Waals surface area contributed by atoms with E-state index in [4.69, 9.17) is 0 Å². The molecule has 0 aliphatic carbocycles. The fourth-order valence-electron chi connectivity index (χ4n) is 1.94. The maximum atomic E-state index is 10.1. The summed E-state index contributed by atoms with van der Waals surface area (Å²) in [4.78, 5) is 13.4. The van der Waals surface area contributed by atoms with E-state index in [1.807, 2.05) is 20.1 Å². The average molecular weight is 248 g/mol. The van der Waals surface area contributed by atoms with E-state index in [0.29, 0.717) is 0 Å². The van der Waals surface area contributed by atoms with Gasteiger partial charge in [0.15, 0.2) is 0 Å². The standard InChI is InChI=1S/C13H20N2OSi/c1-14-7-6-10-4-5-12-11(8-10)9-13(15-12)17(2,3)16/h4-5,8-9,14-16H,6-7H2,1-3H3. The molecular formula is C13H20N2OSi. The van der Waals surface area contributed by atoms with E-state index in [1.54, 1.807) is 0 Å². The zero-order chi connectivity index (χ0) is 12.5. The Hall–Kier alpha value is -1.10. The maximum absolute atomic E-state index is 10.1. The lowest BCUT2D eigenvalue weighted by Gasteiger charge is -2.10. The van der Waals surface area contributed by atoms with Crippen molar-refractivity contribution >= 4 is 24.5 Å². The first-order valence-electron chi connectivity index (χ1n) is 6.00. The first-order valence-corrected chi connectivity index (χ1v) is 8.94. The second-order valence-electron chi connectivity index (χ2n) is 5.02. The molecule has 3 nitrogen and oxygen atoms in total. The molecule has 0 spiro atoms. The lowest BCUT2D eigenvalue weighted by atomic mass is 10.1. The van der Waals surface area contributed by atoms with Crippen LogP contribution in [0, 0.1) is 0 Å². The minimum absolute atomic E-state index is 0.989. The van der Waals surface area contributed by atoms with Crippen molar-refractivity contribution in [3.8, 4) is 0 Å². The van der Waals surface area contributed by atoms with Crippen molar-refractivity contribution in [2.75, 3.05) is 13.6 Å². The fraction of sp³-hybridized carbons (Fsp3) is 0.385. The van der Waals surface area contributed by atoms with Crippen LogP contribution in [0.3, 0.4) is 0 Å². The SMILES string of the molecule is CNCCc1ccc2[nH]c([Si](C)(C)O)cc2c1. The van der Waals surface area contributed by atoms with E-state index in [2.05, 4.69) is 34.6 Å².